The summed E-state index contributed by atoms with van der Waals surface area (Å²) in [4.78, 5) is 10.4. The minimum Gasteiger partial charge on any atom is -0.291 e. The Kier molecular flexibility index (Phi) is 13.1. The van der Waals surface area contributed by atoms with Gasteiger partial charge in [0.2, 0.25) is 0 Å². The fourth-order valence-corrected chi connectivity index (χ4v) is 10.1. The van der Waals surface area contributed by atoms with Crippen molar-refractivity contribution in [3.63, 3.8) is 0 Å². The van der Waals surface area contributed by atoms with Crippen LogP contribution in [0, 0.1) is 0 Å². The van der Waals surface area contributed by atoms with Crippen LogP contribution in [-0.4, -0.2) is 0 Å². The summed E-state index contributed by atoms with van der Waals surface area (Å²) >= 11 is 0. The predicted molar refractivity (Wildman–Crippen MR) is 287 cm³/mol. The summed E-state index contributed by atoms with van der Waals surface area (Å²) in [5.41, 5.74) is 20.3. The second-order valence-electron chi connectivity index (χ2n) is 21.5. The summed E-state index contributed by atoms with van der Waals surface area (Å²) in [5.74, 6) is 5.27. The van der Waals surface area contributed by atoms with Crippen molar-refractivity contribution in [2.75, 3.05) is 19.6 Å². The van der Waals surface area contributed by atoms with E-state index in [4.69, 9.17) is 0 Å². The molecule has 0 atom stereocenters. The Morgan fingerprint density at radius 1 is 0.227 bits per heavy atom. The lowest BCUT2D eigenvalue weighted by Crippen LogP contribution is -2.33. The summed E-state index contributed by atoms with van der Waals surface area (Å²) in [6.45, 7) is 37.1. The molecule has 0 aliphatic carbocycles. The highest BCUT2D eigenvalue weighted by Gasteiger charge is 2.45. The largest absolute Gasteiger partial charge is 0.291 e. The normalized spacial score (nSPS) is 14.1. The monoisotopic (exact) mass is 877 g/mol. The third-order valence-corrected chi connectivity index (χ3v) is 14.1. The molecule has 0 fully saturated rings. The van der Waals surface area contributed by atoms with Crippen LogP contribution in [0.15, 0.2) is 133 Å². The van der Waals surface area contributed by atoms with E-state index >= 15 is 0 Å². The number of fused-ring (bicyclic) bond motifs is 2. The first-order chi connectivity index (χ1) is 31.4. The van der Waals surface area contributed by atoms with E-state index < -0.39 is 0 Å². The Morgan fingerprint density at radius 3 is 0.530 bits per heavy atom. The molecule has 0 N–H and O–H groups in total. The SMILES string of the molecule is CC(C)c1ccc(N2C(=C3N(c4ccc(C(C)C)cc4)c4cc(C(C)C)c(C(C)C)cc4N3c3ccc(C(C)C)cc3)N(c3ccc(C(C)C)cc3)c3cc(C(C)C)c(C(C)C)cc32)cc1. The Bertz CT molecular complexity index is 2320. The highest BCUT2D eigenvalue weighted by Crippen LogP contribution is 2.59. The van der Waals surface area contributed by atoms with Crippen LogP contribution < -0.4 is 19.6 Å². The van der Waals surface area contributed by atoms with Crippen molar-refractivity contribution < 1.29 is 0 Å². The van der Waals surface area contributed by atoms with Gasteiger partial charge < -0.3 is 0 Å². The third-order valence-electron chi connectivity index (χ3n) is 14.1. The van der Waals surface area contributed by atoms with Crippen molar-refractivity contribution in [2.24, 2.45) is 0 Å². The molecule has 344 valence electrons. The molecule has 0 radical (unpaired) electrons. The minimum absolute atomic E-state index is 0.347. The maximum atomic E-state index is 2.59. The molecule has 0 amide bonds. The zero-order chi connectivity index (χ0) is 47.5. The molecular formula is C62H76N4. The van der Waals surface area contributed by atoms with E-state index in [1.807, 2.05) is 0 Å². The lowest BCUT2D eigenvalue weighted by molar-refractivity contribution is 0.791. The number of nitrogens with zero attached hydrogens (tertiary/aromatic N) is 4. The molecule has 0 saturated heterocycles. The van der Waals surface area contributed by atoms with Gasteiger partial charge in [-0.2, -0.15) is 0 Å². The quantitative estimate of drug-likeness (QED) is 0.121. The Hall–Kier alpha value is -5.74. The molecule has 66 heavy (non-hydrogen) atoms. The van der Waals surface area contributed by atoms with E-state index in [9.17, 15) is 0 Å². The molecule has 6 aromatic carbocycles. The lowest BCUT2D eigenvalue weighted by Gasteiger charge is -2.34. The predicted octanol–water partition coefficient (Wildman–Crippen LogP) is 19.1. The van der Waals surface area contributed by atoms with Crippen LogP contribution >= 0.6 is 0 Å². The molecule has 0 bridgehead atoms. The van der Waals surface area contributed by atoms with Crippen LogP contribution in [0.25, 0.3) is 0 Å². The van der Waals surface area contributed by atoms with Gasteiger partial charge in [0, 0.05) is 22.7 Å². The lowest BCUT2D eigenvalue weighted by atomic mass is 9.89. The fourth-order valence-electron chi connectivity index (χ4n) is 10.1. The average molecular weight is 877 g/mol. The molecule has 0 aromatic heterocycles. The topological polar surface area (TPSA) is 13.0 Å². The summed E-state index contributed by atoms with van der Waals surface area (Å²) in [6, 6.07) is 47.7. The van der Waals surface area contributed by atoms with Gasteiger partial charge in [0.25, 0.3) is 0 Å². The van der Waals surface area contributed by atoms with Crippen molar-refractivity contribution in [3.05, 3.63) is 177 Å². The van der Waals surface area contributed by atoms with Crippen molar-refractivity contribution in [1.82, 2.24) is 0 Å². The number of benzene rings is 6. The van der Waals surface area contributed by atoms with Crippen molar-refractivity contribution in [1.29, 1.82) is 0 Å². The van der Waals surface area contributed by atoms with Gasteiger partial charge in [-0.1, -0.05) is 159 Å². The van der Waals surface area contributed by atoms with Crippen molar-refractivity contribution in [3.8, 4) is 0 Å². The molecule has 4 nitrogen and oxygen atoms in total. The molecule has 2 heterocycles. The molecule has 4 heteroatoms. The van der Waals surface area contributed by atoms with Gasteiger partial charge in [-0.05, 0) is 165 Å². The Morgan fingerprint density at radius 2 is 0.394 bits per heavy atom. The summed E-state index contributed by atoms with van der Waals surface area (Å²) in [5, 5.41) is 0. The Labute approximate surface area is 399 Å². The van der Waals surface area contributed by atoms with Gasteiger partial charge in [-0.3, -0.25) is 19.6 Å². The van der Waals surface area contributed by atoms with E-state index in [0.29, 0.717) is 47.3 Å². The number of hydrogen-bond acceptors (Lipinski definition) is 4. The summed E-state index contributed by atoms with van der Waals surface area (Å²) in [7, 11) is 0. The summed E-state index contributed by atoms with van der Waals surface area (Å²) < 4.78 is 0. The number of rotatable bonds is 12. The standard InChI is InChI=1S/C62H76N4/c1-37(2)45-17-25-49(26-18-45)63-57-33-53(41(9)10)54(42(11)12)34-58(57)64(50-27-19-46(20-28-50)38(3)4)61(63)62-65(51-29-21-47(22-30-51)39(5)6)59-35-55(43(13)14)56(44(15)16)36-60(59)66(62)52-31-23-48(24-32-52)40(7)8/h17-44H,1-16H3. The molecule has 0 saturated carbocycles. The molecule has 2 aliphatic heterocycles. The summed E-state index contributed by atoms with van der Waals surface area (Å²) in [6.07, 6.45) is 0. The number of anilines is 8. The Balaban J connectivity index is 1.59. The highest BCUT2D eigenvalue weighted by molar-refractivity contribution is 6.01. The second kappa shape index (κ2) is 18.5. The minimum atomic E-state index is 0.347. The molecule has 6 aromatic rings. The molecule has 0 spiro atoms. The maximum absolute atomic E-state index is 2.59. The zero-order valence-electron chi connectivity index (χ0n) is 43.0. The van der Waals surface area contributed by atoms with Crippen molar-refractivity contribution in [2.45, 2.75) is 158 Å². The maximum Gasteiger partial charge on any atom is 0.166 e. The fraction of sp³-hybridized carbons (Fsp3) is 0.387. The van der Waals surface area contributed by atoms with E-state index in [1.54, 1.807) is 0 Å². The molecule has 2 aliphatic rings. The van der Waals surface area contributed by atoms with Gasteiger partial charge in [0.05, 0.1) is 22.7 Å². The van der Waals surface area contributed by atoms with E-state index in [2.05, 4.69) is 252 Å². The van der Waals surface area contributed by atoms with Gasteiger partial charge in [-0.25, -0.2) is 0 Å². The first-order valence-electron chi connectivity index (χ1n) is 25.1. The van der Waals surface area contributed by atoms with Crippen LogP contribution in [0.5, 0.6) is 0 Å². The third kappa shape index (κ3) is 8.46. The van der Waals surface area contributed by atoms with E-state index in [0.717, 1.165) is 34.4 Å². The van der Waals surface area contributed by atoms with Crippen LogP contribution in [0.4, 0.5) is 45.5 Å². The smallest absolute Gasteiger partial charge is 0.166 e. The average Bonchev–Trinajstić information content (AvgIpc) is 3.80. The van der Waals surface area contributed by atoms with E-state index in [-0.39, 0.29) is 0 Å². The molecule has 0 unspecified atom stereocenters. The second-order valence-corrected chi connectivity index (χ2v) is 21.5. The number of hydrogen-bond donors (Lipinski definition) is 0. The van der Waals surface area contributed by atoms with Gasteiger partial charge in [-0.15, -0.1) is 0 Å². The van der Waals surface area contributed by atoms with Gasteiger partial charge in [0.1, 0.15) is 0 Å². The van der Waals surface area contributed by atoms with Crippen molar-refractivity contribution >= 4 is 45.5 Å². The van der Waals surface area contributed by atoms with Gasteiger partial charge in [0.15, 0.2) is 11.6 Å². The van der Waals surface area contributed by atoms with Crippen LogP contribution in [0.3, 0.4) is 0 Å². The van der Waals surface area contributed by atoms with Crippen LogP contribution in [0.2, 0.25) is 0 Å². The van der Waals surface area contributed by atoms with Crippen LogP contribution in [-0.2, 0) is 0 Å². The zero-order valence-corrected chi connectivity index (χ0v) is 43.0. The van der Waals surface area contributed by atoms with Gasteiger partial charge >= 0.3 is 0 Å². The molecule has 8 rings (SSSR count). The van der Waals surface area contributed by atoms with E-state index in [1.165, 1.54) is 67.3 Å². The first-order valence-corrected chi connectivity index (χ1v) is 25.1. The first kappa shape index (κ1) is 46.8. The highest BCUT2D eigenvalue weighted by atomic mass is 15.5. The van der Waals surface area contributed by atoms with Crippen LogP contribution in [0.1, 0.15) is 203 Å². The molecular weight excluding hydrogens is 801 g/mol.